The zero-order valence-electron chi connectivity index (χ0n) is 7.24. The van der Waals surface area contributed by atoms with Gasteiger partial charge in [-0.3, -0.25) is 4.90 Å². The van der Waals surface area contributed by atoms with Crippen molar-refractivity contribution < 1.29 is 9.53 Å². The largest absolute Gasteiger partial charge is 0.449 e. The van der Waals surface area contributed by atoms with Crippen molar-refractivity contribution in [1.29, 1.82) is 0 Å². The van der Waals surface area contributed by atoms with E-state index in [0.29, 0.717) is 18.3 Å². The Labute approximate surface area is 77.1 Å². The van der Waals surface area contributed by atoms with Crippen LogP contribution in [0, 0.1) is 0 Å². The molecule has 0 aromatic carbocycles. The first-order valence-corrected chi connectivity index (χ1v) is 4.27. The summed E-state index contributed by atoms with van der Waals surface area (Å²) in [5, 5.41) is 0.549. The Bertz CT molecular complexity index is 208. The quantitative estimate of drug-likeness (QED) is 0.566. The van der Waals surface area contributed by atoms with Crippen molar-refractivity contribution in [2.45, 2.75) is 6.92 Å². The van der Waals surface area contributed by atoms with Crippen LogP contribution in [0.4, 0.5) is 4.79 Å². The van der Waals surface area contributed by atoms with E-state index in [2.05, 4.69) is 0 Å². The Balaban J connectivity index is 2.53. The molecule has 1 rings (SSSR count). The molecule has 0 saturated carbocycles. The van der Waals surface area contributed by atoms with Crippen LogP contribution >= 0.6 is 12.2 Å². The number of thiocarbonyl (C=S) groups is 1. The van der Waals surface area contributed by atoms with E-state index in [1.165, 1.54) is 4.90 Å². The van der Waals surface area contributed by atoms with Crippen molar-refractivity contribution in [2.24, 2.45) is 0 Å². The minimum absolute atomic E-state index is 0.341. The summed E-state index contributed by atoms with van der Waals surface area (Å²) in [4.78, 5) is 14.5. The third kappa shape index (κ3) is 1.66. The van der Waals surface area contributed by atoms with Gasteiger partial charge in [-0.1, -0.05) is 0 Å². The van der Waals surface area contributed by atoms with Crippen LogP contribution in [-0.4, -0.2) is 47.7 Å². The highest BCUT2D eigenvalue weighted by Crippen LogP contribution is 2.07. The van der Waals surface area contributed by atoms with Crippen molar-refractivity contribution in [1.82, 2.24) is 9.80 Å². The molecule has 1 saturated heterocycles. The van der Waals surface area contributed by atoms with Crippen molar-refractivity contribution in [3.63, 3.8) is 0 Å². The van der Waals surface area contributed by atoms with Crippen LogP contribution in [0.5, 0.6) is 0 Å². The second kappa shape index (κ2) is 3.71. The Morgan fingerprint density at radius 1 is 1.67 bits per heavy atom. The van der Waals surface area contributed by atoms with E-state index in [4.69, 9.17) is 17.0 Å². The first-order chi connectivity index (χ1) is 5.66. The lowest BCUT2D eigenvalue weighted by Gasteiger charge is -2.15. The molecule has 0 aromatic heterocycles. The Hall–Kier alpha value is -0.840. The fourth-order valence-electron chi connectivity index (χ4n) is 1.02. The normalized spacial score (nSPS) is 17.0. The Morgan fingerprint density at radius 2 is 2.33 bits per heavy atom. The number of hydrogen-bond donors (Lipinski definition) is 0. The Morgan fingerprint density at radius 3 is 2.75 bits per heavy atom. The zero-order chi connectivity index (χ0) is 9.14. The molecule has 0 aromatic rings. The predicted octanol–water partition coefficient (Wildman–Crippen LogP) is 0.675. The first-order valence-electron chi connectivity index (χ1n) is 3.86. The van der Waals surface area contributed by atoms with Gasteiger partial charge in [0, 0.05) is 20.1 Å². The van der Waals surface area contributed by atoms with Crippen LogP contribution in [0.15, 0.2) is 0 Å². The van der Waals surface area contributed by atoms with Gasteiger partial charge in [-0.05, 0) is 19.1 Å². The second-order valence-electron chi connectivity index (χ2n) is 2.55. The maximum Gasteiger partial charge on any atom is 0.416 e. The highest BCUT2D eigenvalue weighted by atomic mass is 32.1. The first kappa shape index (κ1) is 9.25. The number of ether oxygens (including phenoxy) is 1. The van der Waals surface area contributed by atoms with Crippen LogP contribution in [0.25, 0.3) is 0 Å². The molecular formula is C7H12N2O2S. The predicted molar refractivity (Wildman–Crippen MR) is 49.0 cm³/mol. The molecule has 0 bridgehead atoms. The lowest BCUT2D eigenvalue weighted by atomic mass is 10.6. The third-order valence-electron chi connectivity index (χ3n) is 1.70. The monoisotopic (exact) mass is 188 g/mol. The molecule has 4 nitrogen and oxygen atoms in total. The van der Waals surface area contributed by atoms with Gasteiger partial charge in [-0.15, -0.1) is 0 Å². The number of rotatable bonds is 1. The highest BCUT2D eigenvalue weighted by molar-refractivity contribution is 7.80. The minimum Gasteiger partial charge on any atom is -0.449 e. The summed E-state index contributed by atoms with van der Waals surface area (Å²) in [5.41, 5.74) is 0. The average molecular weight is 188 g/mol. The van der Waals surface area contributed by atoms with Gasteiger partial charge in [-0.2, -0.15) is 0 Å². The van der Waals surface area contributed by atoms with Crippen molar-refractivity contribution >= 4 is 23.4 Å². The van der Waals surface area contributed by atoms with Crippen LogP contribution in [-0.2, 0) is 4.74 Å². The van der Waals surface area contributed by atoms with Crippen LogP contribution in [0.3, 0.4) is 0 Å². The molecule has 0 unspecified atom stereocenters. The van der Waals surface area contributed by atoms with Gasteiger partial charge in [-0.25, -0.2) is 4.79 Å². The smallest absolute Gasteiger partial charge is 0.416 e. The molecule has 0 N–H and O–H groups in total. The highest BCUT2D eigenvalue weighted by Gasteiger charge is 2.27. The summed E-state index contributed by atoms with van der Waals surface area (Å²) in [6, 6.07) is 0. The van der Waals surface area contributed by atoms with Gasteiger partial charge in [0.1, 0.15) is 0 Å². The fourth-order valence-corrected chi connectivity index (χ4v) is 1.28. The van der Waals surface area contributed by atoms with Gasteiger partial charge in [0.2, 0.25) is 0 Å². The summed E-state index contributed by atoms with van der Waals surface area (Å²) in [6.45, 7) is 3.59. The maximum atomic E-state index is 11.2. The van der Waals surface area contributed by atoms with Crippen molar-refractivity contribution in [2.75, 3.05) is 26.7 Å². The van der Waals surface area contributed by atoms with Crippen LogP contribution < -0.4 is 0 Å². The zero-order valence-corrected chi connectivity index (χ0v) is 8.06. The molecule has 0 radical (unpaired) electrons. The number of amides is 1. The molecule has 1 amide bonds. The number of likely N-dealkylation sites (N-methyl/N-ethyl adjacent to an activating group) is 1. The molecule has 68 valence electrons. The van der Waals surface area contributed by atoms with E-state index in [-0.39, 0.29) is 6.09 Å². The van der Waals surface area contributed by atoms with E-state index in [1.807, 2.05) is 11.9 Å². The van der Waals surface area contributed by atoms with Crippen LogP contribution in [0.2, 0.25) is 0 Å². The number of hydrogen-bond acceptors (Lipinski definition) is 3. The topological polar surface area (TPSA) is 32.8 Å². The van der Waals surface area contributed by atoms with Crippen LogP contribution in [0.1, 0.15) is 6.92 Å². The Kier molecular flexibility index (Phi) is 2.86. The van der Waals surface area contributed by atoms with Gasteiger partial charge in [0.25, 0.3) is 0 Å². The summed E-state index contributed by atoms with van der Waals surface area (Å²) in [6.07, 6.45) is -0.341. The SMILES string of the molecule is CCOC(=O)N1CCN(C)C1=S. The second-order valence-corrected chi connectivity index (χ2v) is 2.92. The molecule has 5 heteroatoms. The third-order valence-corrected chi connectivity index (χ3v) is 2.24. The minimum atomic E-state index is -0.341. The number of carbonyl (C=O) groups excluding carboxylic acids is 1. The van der Waals surface area contributed by atoms with E-state index in [0.717, 1.165) is 6.54 Å². The van der Waals surface area contributed by atoms with E-state index in [1.54, 1.807) is 6.92 Å². The summed E-state index contributed by atoms with van der Waals surface area (Å²) in [5.74, 6) is 0. The van der Waals surface area contributed by atoms with Gasteiger partial charge >= 0.3 is 6.09 Å². The molecular weight excluding hydrogens is 176 g/mol. The van der Waals surface area contributed by atoms with Gasteiger partial charge in [0.05, 0.1) is 6.61 Å². The standard InChI is InChI=1S/C7H12N2O2S/c1-3-11-7(10)9-5-4-8(2)6(9)12/h3-5H2,1-2H3. The van der Waals surface area contributed by atoms with E-state index < -0.39 is 0 Å². The van der Waals surface area contributed by atoms with Gasteiger partial charge in [0.15, 0.2) is 5.11 Å². The fraction of sp³-hybridized carbons (Fsp3) is 0.714. The lowest BCUT2D eigenvalue weighted by Crippen LogP contribution is -2.35. The molecule has 1 fully saturated rings. The summed E-state index contributed by atoms with van der Waals surface area (Å²) >= 11 is 5.00. The molecule has 1 heterocycles. The molecule has 1 aliphatic heterocycles. The summed E-state index contributed by atoms with van der Waals surface area (Å²) < 4.78 is 4.82. The summed E-state index contributed by atoms with van der Waals surface area (Å²) in [7, 11) is 1.86. The number of carbonyl (C=O) groups is 1. The molecule has 12 heavy (non-hydrogen) atoms. The molecule has 0 spiro atoms. The number of nitrogens with zero attached hydrogens (tertiary/aromatic N) is 2. The molecule has 0 atom stereocenters. The van der Waals surface area contributed by atoms with Gasteiger partial charge < -0.3 is 9.64 Å². The van der Waals surface area contributed by atoms with E-state index >= 15 is 0 Å². The average Bonchev–Trinajstić information content (AvgIpc) is 2.34. The molecule has 0 aliphatic carbocycles. The van der Waals surface area contributed by atoms with Crippen molar-refractivity contribution in [3.8, 4) is 0 Å². The lowest BCUT2D eigenvalue weighted by molar-refractivity contribution is 0.131. The van der Waals surface area contributed by atoms with E-state index in [9.17, 15) is 4.79 Å². The van der Waals surface area contributed by atoms with Crippen molar-refractivity contribution in [3.05, 3.63) is 0 Å². The molecule has 1 aliphatic rings. The maximum absolute atomic E-state index is 11.2.